The average molecular weight is 294 g/mol. The van der Waals surface area contributed by atoms with Crippen LogP contribution in [0.25, 0.3) is 0 Å². The molecule has 5 nitrogen and oxygen atoms in total. The van der Waals surface area contributed by atoms with Crippen molar-refractivity contribution in [3.8, 4) is 0 Å². The number of anilines is 1. The Bertz CT molecular complexity index is 589. The van der Waals surface area contributed by atoms with Gasteiger partial charge >= 0.3 is 0 Å². The van der Waals surface area contributed by atoms with Crippen LogP contribution in [-0.4, -0.2) is 17.6 Å². The Labute approximate surface area is 124 Å². The smallest absolute Gasteiger partial charge is 0.220 e. The minimum atomic E-state index is -0.599. The normalized spacial score (nSPS) is 18.0. The fourth-order valence-corrected chi connectivity index (χ4v) is 2.77. The third kappa shape index (κ3) is 2.58. The molecule has 1 aliphatic rings. The number of nitrogens with zero attached hydrogens (tertiary/aromatic N) is 3. The zero-order valence-electron chi connectivity index (χ0n) is 12.2. The van der Waals surface area contributed by atoms with E-state index < -0.39 is 5.66 Å². The molecule has 0 saturated carbocycles. The second-order valence-corrected chi connectivity index (χ2v) is 6.04. The van der Waals surface area contributed by atoms with Crippen molar-refractivity contribution in [1.82, 2.24) is 0 Å². The van der Waals surface area contributed by atoms with Crippen LogP contribution in [0.5, 0.6) is 0 Å². The highest BCUT2D eigenvalue weighted by Crippen LogP contribution is 2.33. The molecule has 20 heavy (non-hydrogen) atoms. The maximum absolute atomic E-state index is 6.35. The molecule has 0 unspecified atom stereocenters. The molecule has 0 aromatic heterocycles. The van der Waals surface area contributed by atoms with E-state index in [9.17, 15) is 0 Å². The van der Waals surface area contributed by atoms with Crippen LogP contribution < -0.4 is 16.4 Å². The van der Waals surface area contributed by atoms with E-state index >= 15 is 0 Å². The summed E-state index contributed by atoms with van der Waals surface area (Å²) < 4.78 is 0. The van der Waals surface area contributed by atoms with Gasteiger partial charge in [0.15, 0.2) is 0 Å². The molecule has 0 aliphatic carbocycles. The molecular formula is C14H20ClN5. The predicted octanol–water partition coefficient (Wildman–Crippen LogP) is 2.65. The van der Waals surface area contributed by atoms with Crippen molar-refractivity contribution in [2.75, 3.05) is 4.90 Å². The van der Waals surface area contributed by atoms with Crippen LogP contribution in [0.4, 0.5) is 5.69 Å². The first-order chi connectivity index (χ1) is 9.22. The summed E-state index contributed by atoms with van der Waals surface area (Å²) in [5, 5.41) is 0.712. The van der Waals surface area contributed by atoms with Gasteiger partial charge in [0.25, 0.3) is 0 Å². The summed E-state index contributed by atoms with van der Waals surface area (Å²) in [6.07, 6.45) is 0. The van der Waals surface area contributed by atoms with E-state index in [1.165, 1.54) is 0 Å². The van der Waals surface area contributed by atoms with Gasteiger partial charge < -0.3 is 11.5 Å². The second-order valence-electron chi connectivity index (χ2n) is 5.63. The van der Waals surface area contributed by atoms with Gasteiger partial charge in [0.05, 0.1) is 0 Å². The zero-order chi connectivity index (χ0) is 15.1. The molecule has 0 spiro atoms. The monoisotopic (exact) mass is 293 g/mol. The molecule has 0 amide bonds. The van der Waals surface area contributed by atoms with Crippen LogP contribution in [0.15, 0.2) is 28.2 Å². The van der Waals surface area contributed by atoms with Crippen LogP contribution in [0.3, 0.4) is 0 Å². The number of halogens is 1. The van der Waals surface area contributed by atoms with Gasteiger partial charge in [-0.15, -0.1) is 0 Å². The molecule has 1 aromatic rings. The molecule has 0 fully saturated rings. The maximum atomic E-state index is 6.35. The molecule has 0 saturated heterocycles. The largest absolute Gasteiger partial charge is 0.369 e. The Kier molecular flexibility index (Phi) is 3.65. The highest BCUT2D eigenvalue weighted by atomic mass is 35.5. The number of aliphatic imine (C=N–C) groups is 2. The Morgan fingerprint density at radius 3 is 2.40 bits per heavy atom. The molecule has 1 aromatic carbocycles. The second kappa shape index (κ2) is 4.98. The highest BCUT2D eigenvalue weighted by Gasteiger charge is 2.33. The molecule has 4 N–H and O–H groups in total. The summed E-state index contributed by atoms with van der Waals surface area (Å²) in [7, 11) is 0. The van der Waals surface area contributed by atoms with Gasteiger partial charge in [0.1, 0.15) is 5.66 Å². The lowest BCUT2D eigenvalue weighted by molar-refractivity contribution is 0.534. The Hall–Kier alpha value is -1.75. The number of nitrogens with two attached hydrogens (primary N) is 2. The molecule has 2 rings (SSSR count). The van der Waals surface area contributed by atoms with Gasteiger partial charge in [0.2, 0.25) is 11.9 Å². The fourth-order valence-electron chi connectivity index (χ4n) is 2.37. The Morgan fingerprint density at radius 1 is 1.25 bits per heavy atom. The first-order valence-electron chi connectivity index (χ1n) is 6.51. The summed E-state index contributed by atoms with van der Waals surface area (Å²) in [5.74, 6) is 0.870. The van der Waals surface area contributed by atoms with E-state index in [1.807, 2.05) is 36.9 Å². The zero-order valence-corrected chi connectivity index (χ0v) is 12.9. The first kappa shape index (κ1) is 14.7. The van der Waals surface area contributed by atoms with Crippen molar-refractivity contribution in [2.24, 2.45) is 21.5 Å². The number of hydrogen-bond acceptors (Lipinski definition) is 5. The SMILES string of the molecule is CC(C)c1ccc(N2C(N)=NC(N)=NC2(C)C)cc1Cl. The molecule has 0 radical (unpaired) electrons. The lowest BCUT2D eigenvalue weighted by Crippen LogP contribution is -2.54. The molecular weight excluding hydrogens is 274 g/mol. The summed E-state index contributed by atoms with van der Waals surface area (Å²) in [4.78, 5) is 10.2. The van der Waals surface area contributed by atoms with E-state index in [4.69, 9.17) is 23.1 Å². The standard InChI is InChI=1S/C14H20ClN5/c1-8(2)10-6-5-9(7-11(10)15)20-13(17)18-12(16)19-14(20,3)4/h5-8H,1-4H3,(H4,16,17,18,19). The van der Waals surface area contributed by atoms with Crippen LogP contribution >= 0.6 is 11.6 Å². The van der Waals surface area contributed by atoms with Gasteiger partial charge in [-0.05, 0) is 37.5 Å². The average Bonchev–Trinajstić information content (AvgIpc) is 2.25. The van der Waals surface area contributed by atoms with Crippen molar-refractivity contribution in [3.05, 3.63) is 28.8 Å². The Morgan fingerprint density at radius 2 is 1.90 bits per heavy atom. The van der Waals surface area contributed by atoms with Crippen molar-refractivity contribution >= 4 is 29.2 Å². The summed E-state index contributed by atoms with van der Waals surface area (Å²) >= 11 is 6.35. The van der Waals surface area contributed by atoms with Gasteiger partial charge in [-0.1, -0.05) is 31.5 Å². The first-order valence-corrected chi connectivity index (χ1v) is 6.89. The van der Waals surface area contributed by atoms with Crippen molar-refractivity contribution < 1.29 is 0 Å². The molecule has 6 heteroatoms. The van der Waals surface area contributed by atoms with Crippen LogP contribution in [-0.2, 0) is 0 Å². The number of guanidine groups is 2. The van der Waals surface area contributed by atoms with E-state index in [2.05, 4.69) is 23.8 Å². The topological polar surface area (TPSA) is 80.0 Å². The van der Waals surface area contributed by atoms with Gasteiger partial charge in [-0.3, -0.25) is 4.90 Å². The molecule has 1 aliphatic heterocycles. The summed E-state index contributed by atoms with van der Waals surface area (Å²) in [6.45, 7) is 8.05. The van der Waals surface area contributed by atoms with Gasteiger partial charge in [-0.25, -0.2) is 4.99 Å². The van der Waals surface area contributed by atoms with E-state index in [0.717, 1.165) is 11.3 Å². The highest BCUT2D eigenvalue weighted by molar-refractivity contribution is 6.31. The van der Waals surface area contributed by atoms with E-state index in [0.29, 0.717) is 16.9 Å². The molecule has 0 atom stereocenters. The van der Waals surface area contributed by atoms with Crippen molar-refractivity contribution in [3.63, 3.8) is 0 Å². The van der Waals surface area contributed by atoms with Crippen LogP contribution in [0, 0.1) is 0 Å². The summed E-state index contributed by atoms with van der Waals surface area (Å²) in [6, 6.07) is 5.87. The minimum Gasteiger partial charge on any atom is -0.369 e. The summed E-state index contributed by atoms with van der Waals surface area (Å²) in [5.41, 5.74) is 13.0. The van der Waals surface area contributed by atoms with Crippen molar-refractivity contribution in [1.29, 1.82) is 0 Å². The van der Waals surface area contributed by atoms with Crippen LogP contribution in [0.1, 0.15) is 39.2 Å². The quantitative estimate of drug-likeness (QED) is 0.879. The number of benzene rings is 1. The molecule has 1 heterocycles. The van der Waals surface area contributed by atoms with Crippen molar-refractivity contribution in [2.45, 2.75) is 39.3 Å². The van der Waals surface area contributed by atoms with E-state index in [-0.39, 0.29) is 5.96 Å². The number of hydrogen-bond donors (Lipinski definition) is 2. The Balaban J connectivity index is 2.47. The number of rotatable bonds is 2. The van der Waals surface area contributed by atoms with E-state index in [1.54, 1.807) is 0 Å². The molecule has 108 valence electrons. The third-order valence-corrected chi connectivity index (χ3v) is 3.59. The third-order valence-electron chi connectivity index (χ3n) is 3.26. The maximum Gasteiger partial charge on any atom is 0.220 e. The lowest BCUT2D eigenvalue weighted by atomic mass is 10.0. The predicted molar refractivity (Wildman–Crippen MR) is 85.3 cm³/mol. The van der Waals surface area contributed by atoms with Gasteiger partial charge in [0, 0.05) is 10.7 Å². The minimum absolute atomic E-state index is 0.189. The lowest BCUT2D eigenvalue weighted by Gasteiger charge is -2.38. The van der Waals surface area contributed by atoms with Crippen LogP contribution in [0.2, 0.25) is 5.02 Å². The molecule has 0 bridgehead atoms. The fraction of sp³-hybridized carbons (Fsp3) is 0.429. The van der Waals surface area contributed by atoms with Gasteiger partial charge in [-0.2, -0.15) is 4.99 Å².